The van der Waals surface area contributed by atoms with Crippen molar-refractivity contribution in [3.05, 3.63) is 69.9 Å². The number of aryl methyl sites for hydroxylation is 1. The van der Waals surface area contributed by atoms with E-state index < -0.39 is 0 Å². The van der Waals surface area contributed by atoms with Gasteiger partial charge in [-0.15, -0.1) is 0 Å². The summed E-state index contributed by atoms with van der Waals surface area (Å²) in [6, 6.07) is 11.0. The average Bonchev–Trinajstić information content (AvgIpc) is 3.13. The number of fused-ring (bicyclic) bond motifs is 1. The number of carbonyl (C=O) groups is 1. The van der Waals surface area contributed by atoms with Gasteiger partial charge < -0.3 is 19.0 Å². The molecule has 1 N–H and O–H groups in total. The number of pyridine rings is 1. The van der Waals surface area contributed by atoms with Crippen molar-refractivity contribution in [1.29, 1.82) is 0 Å². The third kappa shape index (κ3) is 3.80. The van der Waals surface area contributed by atoms with Gasteiger partial charge in [0, 0.05) is 24.7 Å². The zero-order valence-electron chi connectivity index (χ0n) is 14.2. The van der Waals surface area contributed by atoms with Gasteiger partial charge in [-0.25, -0.2) is 0 Å². The second kappa shape index (κ2) is 7.36. The lowest BCUT2D eigenvalue weighted by Gasteiger charge is -2.21. The zero-order valence-corrected chi connectivity index (χ0v) is 14.2. The first-order chi connectivity index (χ1) is 12.1. The van der Waals surface area contributed by atoms with Crippen molar-refractivity contribution in [2.45, 2.75) is 13.5 Å². The number of methoxy groups -OCH3 is 1. The Morgan fingerprint density at radius 3 is 2.84 bits per heavy atom. The number of hydrogen-bond acceptors (Lipinski definition) is 4. The summed E-state index contributed by atoms with van der Waals surface area (Å²) in [5, 5.41) is 0.928. The van der Waals surface area contributed by atoms with Gasteiger partial charge in [0.1, 0.15) is 0 Å². The lowest BCUT2D eigenvalue weighted by atomic mass is 10.1. The molecule has 25 heavy (non-hydrogen) atoms. The molecule has 0 radical (unpaired) electrons. The van der Waals surface area contributed by atoms with Crippen molar-refractivity contribution in [1.82, 2.24) is 9.88 Å². The highest BCUT2D eigenvalue weighted by Crippen LogP contribution is 2.15. The smallest absolute Gasteiger partial charge is 0.289 e. The molecular formula is C19H20N2O4. The Labute approximate surface area is 145 Å². The Kier molecular flexibility index (Phi) is 5.00. The van der Waals surface area contributed by atoms with Crippen molar-refractivity contribution in [3.8, 4) is 0 Å². The van der Waals surface area contributed by atoms with Gasteiger partial charge in [0.05, 0.1) is 19.4 Å². The molecule has 2 heterocycles. The monoisotopic (exact) mass is 340 g/mol. The summed E-state index contributed by atoms with van der Waals surface area (Å²) < 4.78 is 10.3. The van der Waals surface area contributed by atoms with E-state index in [9.17, 15) is 9.59 Å². The number of H-pyrrole nitrogens is 1. The van der Waals surface area contributed by atoms with Crippen LogP contribution < -0.4 is 5.56 Å². The number of amides is 1. The van der Waals surface area contributed by atoms with Crippen LogP contribution in [0.4, 0.5) is 0 Å². The molecule has 3 rings (SSSR count). The number of ether oxygens (including phenoxy) is 1. The summed E-state index contributed by atoms with van der Waals surface area (Å²) in [5.41, 5.74) is 2.18. The first-order valence-electron chi connectivity index (χ1n) is 8.03. The highest BCUT2D eigenvalue weighted by Gasteiger charge is 2.19. The second-order valence-electron chi connectivity index (χ2n) is 5.91. The molecule has 0 saturated heterocycles. The summed E-state index contributed by atoms with van der Waals surface area (Å²) in [7, 11) is 1.57. The van der Waals surface area contributed by atoms with Crippen LogP contribution in [0.5, 0.6) is 0 Å². The Morgan fingerprint density at radius 1 is 1.28 bits per heavy atom. The fraction of sp³-hybridized carbons (Fsp3) is 0.263. The van der Waals surface area contributed by atoms with Gasteiger partial charge in [-0.3, -0.25) is 9.59 Å². The molecule has 1 amide bonds. The van der Waals surface area contributed by atoms with Crippen LogP contribution in [-0.4, -0.2) is 36.1 Å². The lowest BCUT2D eigenvalue weighted by Crippen LogP contribution is -2.35. The molecule has 0 aliphatic carbocycles. The molecule has 1 aromatic carbocycles. The van der Waals surface area contributed by atoms with Gasteiger partial charge in [-0.2, -0.15) is 0 Å². The number of nitrogens with zero attached hydrogens (tertiary/aromatic N) is 1. The summed E-state index contributed by atoms with van der Waals surface area (Å²) in [4.78, 5) is 29.4. The molecule has 2 aromatic heterocycles. The fourth-order valence-corrected chi connectivity index (χ4v) is 2.69. The quantitative estimate of drug-likeness (QED) is 0.749. The summed E-state index contributed by atoms with van der Waals surface area (Å²) in [6.07, 6.45) is 1.45. The summed E-state index contributed by atoms with van der Waals surface area (Å²) in [6.45, 7) is 2.89. The predicted molar refractivity (Wildman–Crippen MR) is 94.6 cm³/mol. The number of aromatic amines is 1. The van der Waals surface area contributed by atoms with Crippen LogP contribution in [0, 0.1) is 6.92 Å². The van der Waals surface area contributed by atoms with Crippen LogP contribution in [0.2, 0.25) is 0 Å². The van der Waals surface area contributed by atoms with Crippen LogP contribution >= 0.6 is 0 Å². The molecule has 0 aliphatic rings. The van der Waals surface area contributed by atoms with Gasteiger partial charge in [0.25, 0.3) is 11.5 Å². The van der Waals surface area contributed by atoms with Crippen LogP contribution in [0.1, 0.15) is 21.7 Å². The Bertz CT molecular complexity index is 928. The van der Waals surface area contributed by atoms with E-state index in [0.29, 0.717) is 18.7 Å². The van der Waals surface area contributed by atoms with Crippen molar-refractivity contribution < 1.29 is 13.9 Å². The molecule has 0 bridgehead atoms. The normalized spacial score (nSPS) is 11.0. The number of hydrogen-bond donors (Lipinski definition) is 1. The third-order valence-corrected chi connectivity index (χ3v) is 4.02. The maximum absolute atomic E-state index is 12.6. The number of furan rings is 1. The molecule has 0 aliphatic heterocycles. The van der Waals surface area contributed by atoms with Gasteiger partial charge >= 0.3 is 0 Å². The van der Waals surface area contributed by atoms with Crippen LogP contribution in [0.25, 0.3) is 10.9 Å². The van der Waals surface area contributed by atoms with E-state index in [-0.39, 0.29) is 23.8 Å². The number of aromatic nitrogens is 1. The minimum absolute atomic E-state index is 0.183. The Hall–Kier alpha value is -2.86. The molecule has 130 valence electrons. The third-order valence-electron chi connectivity index (χ3n) is 4.02. The first-order valence-corrected chi connectivity index (χ1v) is 8.03. The van der Waals surface area contributed by atoms with E-state index in [0.717, 1.165) is 16.5 Å². The van der Waals surface area contributed by atoms with Gasteiger partial charge in [-0.1, -0.05) is 12.1 Å². The second-order valence-corrected chi connectivity index (χ2v) is 5.91. The largest absolute Gasteiger partial charge is 0.459 e. The first kappa shape index (κ1) is 17.0. The predicted octanol–water partition coefficient (Wildman–Crippen LogP) is 2.72. The van der Waals surface area contributed by atoms with Crippen LogP contribution in [0.3, 0.4) is 0 Å². The van der Waals surface area contributed by atoms with Gasteiger partial charge in [-0.05, 0) is 42.1 Å². The number of nitrogens with one attached hydrogen (secondary N) is 1. The van der Waals surface area contributed by atoms with E-state index >= 15 is 0 Å². The fourth-order valence-electron chi connectivity index (χ4n) is 2.69. The molecule has 3 aromatic rings. The minimum atomic E-state index is -0.273. The van der Waals surface area contributed by atoms with Crippen molar-refractivity contribution in [3.63, 3.8) is 0 Å². The molecule has 6 heteroatoms. The number of carbonyl (C=O) groups excluding carboxylic acids is 1. The van der Waals surface area contributed by atoms with E-state index in [2.05, 4.69) is 4.98 Å². The molecule has 0 fully saturated rings. The molecule has 0 atom stereocenters. The summed E-state index contributed by atoms with van der Waals surface area (Å²) in [5.74, 6) is -0.0330. The Balaban J connectivity index is 1.92. The standard InChI is InChI=1S/C19H20N2O4/c1-13-5-6-14-11-15(18(22)20-16(14)10-13)12-21(7-9-24-2)19(23)17-4-3-8-25-17/h3-6,8,10-11H,7,9,12H2,1-2H3,(H,20,22). The lowest BCUT2D eigenvalue weighted by molar-refractivity contribution is 0.0648. The summed E-state index contributed by atoms with van der Waals surface area (Å²) >= 11 is 0. The molecule has 6 nitrogen and oxygen atoms in total. The highest BCUT2D eigenvalue weighted by atomic mass is 16.5. The maximum atomic E-state index is 12.6. The van der Waals surface area contributed by atoms with E-state index in [4.69, 9.17) is 9.15 Å². The zero-order chi connectivity index (χ0) is 17.8. The van der Waals surface area contributed by atoms with Crippen molar-refractivity contribution in [2.75, 3.05) is 20.3 Å². The maximum Gasteiger partial charge on any atom is 0.289 e. The average molecular weight is 340 g/mol. The number of rotatable bonds is 6. The van der Waals surface area contributed by atoms with Crippen molar-refractivity contribution >= 4 is 16.8 Å². The Morgan fingerprint density at radius 2 is 2.12 bits per heavy atom. The number of benzene rings is 1. The van der Waals surface area contributed by atoms with Crippen molar-refractivity contribution in [2.24, 2.45) is 0 Å². The van der Waals surface area contributed by atoms with E-state index in [1.807, 2.05) is 31.2 Å². The van der Waals surface area contributed by atoms with E-state index in [1.54, 1.807) is 24.1 Å². The molecule has 0 unspecified atom stereocenters. The SMILES string of the molecule is COCCN(Cc1cc2ccc(C)cc2[nH]c1=O)C(=O)c1ccco1. The minimum Gasteiger partial charge on any atom is -0.459 e. The molecule has 0 saturated carbocycles. The van der Waals surface area contributed by atoms with Gasteiger partial charge in [0.2, 0.25) is 0 Å². The highest BCUT2D eigenvalue weighted by molar-refractivity contribution is 5.91. The van der Waals surface area contributed by atoms with Gasteiger partial charge in [0.15, 0.2) is 5.76 Å². The molecule has 0 spiro atoms. The topological polar surface area (TPSA) is 75.5 Å². The van der Waals surface area contributed by atoms with Crippen LogP contribution in [0.15, 0.2) is 51.9 Å². The van der Waals surface area contributed by atoms with Crippen LogP contribution in [-0.2, 0) is 11.3 Å². The van der Waals surface area contributed by atoms with E-state index in [1.165, 1.54) is 6.26 Å². The molecular weight excluding hydrogens is 320 g/mol.